The lowest BCUT2D eigenvalue weighted by atomic mass is 9.83. The molecule has 0 aromatic carbocycles. The van der Waals surface area contributed by atoms with Crippen LogP contribution in [0, 0.1) is 5.92 Å². The number of rotatable bonds is 6. The van der Waals surface area contributed by atoms with Crippen molar-refractivity contribution >= 4 is 5.96 Å². The molecule has 0 saturated heterocycles. The monoisotopic (exact) mass is 317 g/mol. The van der Waals surface area contributed by atoms with E-state index < -0.39 is 0 Å². The molecular weight excluding hydrogens is 286 g/mol. The van der Waals surface area contributed by atoms with Crippen LogP contribution in [0.5, 0.6) is 0 Å². The van der Waals surface area contributed by atoms with E-state index in [2.05, 4.69) is 39.6 Å². The summed E-state index contributed by atoms with van der Waals surface area (Å²) in [5.74, 6) is 1.64. The third kappa shape index (κ3) is 5.82. The lowest BCUT2D eigenvalue weighted by Gasteiger charge is -2.35. The zero-order valence-corrected chi connectivity index (χ0v) is 14.8. The molecule has 5 heteroatoms. The normalized spacial score (nSPS) is 18.0. The molecule has 2 rings (SSSR count). The van der Waals surface area contributed by atoms with Gasteiger partial charge in [-0.2, -0.15) is 0 Å². The fraction of sp³-hybridized carbons (Fsp3) is 0.667. The average Bonchev–Trinajstić information content (AvgIpc) is 2.59. The first kappa shape index (κ1) is 17.7. The minimum Gasteiger partial charge on any atom is -0.355 e. The van der Waals surface area contributed by atoms with Crippen molar-refractivity contribution in [3.8, 4) is 0 Å². The summed E-state index contributed by atoms with van der Waals surface area (Å²) in [7, 11) is 6.19. The zero-order chi connectivity index (χ0) is 16.5. The van der Waals surface area contributed by atoms with Gasteiger partial charge in [-0.1, -0.05) is 25.3 Å². The Balaban J connectivity index is 1.82. The molecule has 1 aliphatic rings. The second kappa shape index (κ2) is 9.50. The second-order valence-corrected chi connectivity index (χ2v) is 6.56. The van der Waals surface area contributed by atoms with Gasteiger partial charge >= 0.3 is 0 Å². The summed E-state index contributed by atoms with van der Waals surface area (Å²) in [6, 6.07) is 6.52. The summed E-state index contributed by atoms with van der Waals surface area (Å²) in [5, 5.41) is 6.83. The molecule has 128 valence electrons. The summed E-state index contributed by atoms with van der Waals surface area (Å²) < 4.78 is 0. The summed E-state index contributed by atoms with van der Waals surface area (Å²) in [4.78, 5) is 11.0. The molecule has 0 bridgehead atoms. The Kier molecular flexibility index (Phi) is 7.33. The minimum atomic E-state index is 0.559. The van der Waals surface area contributed by atoms with Gasteiger partial charge in [0.15, 0.2) is 5.96 Å². The highest BCUT2D eigenvalue weighted by molar-refractivity contribution is 5.79. The molecule has 1 saturated carbocycles. The predicted octanol–water partition coefficient (Wildman–Crippen LogP) is 2.26. The summed E-state index contributed by atoms with van der Waals surface area (Å²) in [6.07, 6.45) is 8.67. The molecule has 1 atom stereocenters. The third-order valence-corrected chi connectivity index (χ3v) is 4.72. The Hall–Kier alpha value is -1.62. The van der Waals surface area contributed by atoms with Gasteiger partial charge in [-0.3, -0.25) is 9.98 Å². The number of hydrogen-bond donors (Lipinski definition) is 2. The van der Waals surface area contributed by atoms with Gasteiger partial charge in [0, 0.05) is 25.8 Å². The highest BCUT2D eigenvalue weighted by Gasteiger charge is 2.25. The van der Waals surface area contributed by atoms with Gasteiger partial charge in [0.25, 0.3) is 0 Å². The number of nitrogens with one attached hydrogen (secondary N) is 2. The fourth-order valence-electron chi connectivity index (χ4n) is 3.39. The number of aromatic nitrogens is 1. The minimum absolute atomic E-state index is 0.559. The van der Waals surface area contributed by atoms with Crippen molar-refractivity contribution in [2.75, 3.05) is 27.7 Å². The van der Waals surface area contributed by atoms with Crippen LogP contribution in [-0.2, 0) is 6.54 Å². The molecule has 0 radical (unpaired) electrons. The first-order valence-electron chi connectivity index (χ1n) is 8.71. The van der Waals surface area contributed by atoms with Crippen LogP contribution in [0.25, 0.3) is 0 Å². The van der Waals surface area contributed by atoms with E-state index in [0.717, 1.165) is 24.1 Å². The van der Waals surface area contributed by atoms with Crippen molar-refractivity contribution in [1.29, 1.82) is 0 Å². The summed E-state index contributed by atoms with van der Waals surface area (Å²) in [6.45, 7) is 1.62. The van der Waals surface area contributed by atoms with E-state index in [1.165, 1.54) is 32.1 Å². The van der Waals surface area contributed by atoms with Crippen LogP contribution in [0.3, 0.4) is 0 Å². The van der Waals surface area contributed by atoms with Gasteiger partial charge in [0.1, 0.15) is 0 Å². The highest BCUT2D eigenvalue weighted by atomic mass is 15.2. The topological polar surface area (TPSA) is 52.6 Å². The van der Waals surface area contributed by atoms with Gasteiger partial charge < -0.3 is 15.5 Å². The standard InChI is InChI=1S/C18H31N5/c1-19-18(21-13-16-11-7-8-12-20-16)22-14-17(23(2)3)15-9-5-4-6-10-15/h7-8,11-12,15,17H,4-6,9-10,13-14H2,1-3H3,(H2,19,21,22). The maximum atomic E-state index is 4.33. The molecule has 1 aliphatic carbocycles. The van der Waals surface area contributed by atoms with Crippen LogP contribution < -0.4 is 10.6 Å². The van der Waals surface area contributed by atoms with E-state index >= 15 is 0 Å². The quantitative estimate of drug-likeness (QED) is 0.624. The van der Waals surface area contributed by atoms with Gasteiger partial charge in [-0.05, 0) is 45.0 Å². The summed E-state index contributed by atoms with van der Waals surface area (Å²) in [5.41, 5.74) is 1.02. The van der Waals surface area contributed by atoms with Gasteiger partial charge in [-0.25, -0.2) is 0 Å². The third-order valence-electron chi connectivity index (χ3n) is 4.72. The van der Waals surface area contributed by atoms with Crippen LogP contribution >= 0.6 is 0 Å². The Morgan fingerprint density at radius 1 is 1.26 bits per heavy atom. The molecule has 1 heterocycles. The number of aliphatic imine (C=N–C) groups is 1. The Labute approximate surface area is 140 Å². The van der Waals surface area contributed by atoms with Gasteiger partial charge in [0.05, 0.1) is 12.2 Å². The molecule has 0 spiro atoms. The first-order valence-corrected chi connectivity index (χ1v) is 8.71. The highest BCUT2D eigenvalue weighted by Crippen LogP contribution is 2.27. The zero-order valence-electron chi connectivity index (χ0n) is 14.8. The number of pyridine rings is 1. The number of guanidine groups is 1. The van der Waals surface area contributed by atoms with Crippen molar-refractivity contribution in [2.24, 2.45) is 10.9 Å². The molecule has 2 N–H and O–H groups in total. The van der Waals surface area contributed by atoms with Crippen molar-refractivity contribution in [1.82, 2.24) is 20.5 Å². The van der Waals surface area contributed by atoms with Crippen LogP contribution in [-0.4, -0.2) is 49.6 Å². The van der Waals surface area contributed by atoms with Gasteiger partial charge in [0.2, 0.25) is 0 Å². The van der Waals surface area contributed by atoms with E-state index in [1.54, 1.807) is 0 Å². The number of hydrogen-bond acceptors (Lipinski definition) is 3. The second-order valence-electron chi connectivity index (χ2n) is 6.56. The number of likely N-dealkylation sites (N-methyl/N-ethyl adjacent to an activating group) is 1. The Bertz CT molecular complexity index is 466. The molecule has 0 aliphatic heterocycles. The maximum absolute atomic E-state index is 4.33. The SMILES string of the molecule is CN=C(NCc1ccccn1)NCC(C1CCCCC1)N(C)C. The van der Waals surface area contributed by atoms with Crippen LogP contribution in [0.1, 0.15) is 37.8 Å². The van der Waals surface area contributed by atoms with E-state index in [9.17, 15) is 0 Å². The van der Waals surface area contributed by atoms with Crippen molar-refractivity contribution < 1.29 is 0 Å². The lowest BCUT2D eigenvalue weighted by molar-refractivity contribution is 0.171. The van der Waals surface area contributed by atoms with Crippen molar-refractivity contribution in [3.63, 3.8) is 0 Å². The van der Waals surface area contributed by atoms with Crippen molar-refractivity contribution in [3.05, 3.63) is 30.1 Å². The molecule has 1 aromatic rings. The van der Waals surface area contributed by atoms with E-state index in [0.29, 0.717) is 12.6 Å². The maximum Gasteiger partial charge on any atom is 0.191 e. The Morgan fingerprint density at radius 2 is 2.04 bits per heavy atom. The molecule has 0 amide bonds. The van der Waals surface area contributed by atoms with E-state index in [1.807, 2.05) is 31.4 Å². The number of nitrogens with zero attached hydrogens (tertiary/aromatic N) is 3. The fourth-order valence-corrected chi connectivity index (χ4v) is 3.39. The molecule has 5 nitrogen and oxygen atoms in total. The Morgan fingerprint density at radius 3 is 2.65 bits per heavy atom. The molecule has 23 heavy (non-hydrogen) atoms. The van der Waals surface area contributed by atoms with Crippen LogP contribution in [0.2, 0.25) is 0 Å². The average molecular weight is 317 g/mol. The predicted molar refractivity (Wildman–Crippen MR) is 96.5 cm³/mol. The van der Waals surface area contributed by atoms with E-state index in [-0.39, 0.29) is 0 Å². The van der Waals surface area contributed by atoms with Gasteiger partial charge in [-0.15, -0.1) is 0 Å². The molecule has 1 fully saturated rings. The smallest absolute Gasteiger partial charge is 0.191 e. The molecular formula is C18H31N5. The largest absolute Gasteiger partial charge is 0.355 e. The van der Waals surface area contributed by atoms with Crippen molar-refractivity contribution in [2.45, 2.75) is 44.7 Å². The lowest BCUT2D eigenvalue weighted by Crippen LogP contribution is -2.48. The van der Waals surface area contributed by atoms with E-state index in [4.69, 9.17) is 0 Å². The molecule has 1 unspecified atom stereocenters. The van der Waals surface area contributed by atoms with Crippen LogP contribution in [0.4, 0.5) is 0 Å². The van der Waals surface area contributed by atoms with Crippen LogP contribution in [0.15, 0.2) is 29.4 Å². The summed E-state index contributed by atoms with van der Waals surface area (Å²) >= 11 is 0. The molecule has 1 aromatic heterocycles. The first-order chi connectivity index (χ1) is 11.2.